The molecule has 2 aromatic heterocycles. The number of aryl methyl sites for hydroxylation is 1. The Morgan fingerprint density at radius 1 is 1.16 bits per heavy atom. The van der Waals surface area contributed by atoms with Crippen molar-refractivity contribution in [2.24, 2.45) is 0 Å². The molecule has 0 unspecified atom stereocenters. The van der Waals surface area contributed by atoms with Gasteiger partial charge >= 0.3 is 0 Å². The highest BCUT2D eigenvalue weighted by atomic mass is 19.1. The van der Waals surface area contributed by atoms with Gasteiger partial charge in [-0.05, 0) is 36.4 Å². The third kappa shape index (κ3) is 5.39. The fourth-order valence-electron chi connectivity index (χ4n) is 2.94. The van der Waals surface area contributed by atoms with Gasteiger partial charge in [0.15, 0.2) is 17.3 Å². The molecule has 31 heavy (non-hydrogen) atoms. The Morgan fingerprint density at radius 3 is 2.84 bits per heavy atom. The van der Waals surface area contributed by atoms with E-state index in [4.69, 9.17) is 18.4 Å². The Bertz CT molecular complexity index is 1140. The van der Waals surface area contributed by atoms with Crippen molar-refractivity contribution < 1.29 is 27.9 Å². The summed E-state index contributed by atoms with van der Waals surface area (Å²) in [5.41, 5.74) is 0.695. The lowest BCUT2D eigenvalue weighted by Gasteiger charge is -2.14. The zero-order valence-electron chi connectivity index (χ0n) is 16.9. The first kappa shape index (κ1) is 20.8. The number of fused-ring (bicyclic) bond motifs is 1. The highest BCUT2D eigenvalue weighted by molar-refractivity contribution is 5.83. The molecule has 4 rings (SSSR count). The number of aliphatic hydroxyl groups excluding tert-OH is 1. The maximum Gasteiger partial charge on any atom is 0.238 e. The van der Waals surface area contributed by atoms with Crippen LogP contribution in [0.25, 0.3) is 22.6 Å². The predicted octanol–water partition coefficient (Wildman–Crippen LogP) is 3.34. The summed E-state index contributed by atoms with van der Waals surface area (Å²) >= 11 is 0. The van der Waals surface area contributed by atoms with E-state index in [1.807, 2.05) is 24.3 Å². The lowest BCUT2D eigenvalue weighted by atomic mass is 10.2. The van der Waals surface area contributed by atoms with Crippen LogP contribution in [0, 0.1) is 12.7 Å². The monoisotopic (exact) mass is 427 g/mol. The third-order valence-electron chi connectivity index (χ3n) is 4.43. The van der Waals surface area contributed by atoms with Crippen LogP contribution in [0.3, 0.4) is 0 Å². The molecule has 0 fully saturated rings. The molecule has 9 heteroatoms. The molecule has 0 radical (unpaired) electrons. The van der Waals surface area contributed by atoms with Crippen LogP contribution in [0.5, 0.6) is 11.5 Å². The summed E-state index contributed by atoms with van der Waals surface area (Å²) in [4.78, 5) is 4.16. The first-order valence-corrected chi connectivity index (χ1v) is 9.81. The largest absolute Gasteiger partial charge is 0.492 e. The zero-order chi connectivity index (χ0) is 21.6. The van der Waals surface area contributed by atoms with E-state index in [9.17, 15) is 9.50 Å². The number of para-hydroxylation sites is 1. The van der Waals surface area contributed by atoms with Gasteiger partial charge in [-0.15, -0.1) is 0 Å². The summed E-state index contributed by atoms with van der Waals surface area (Å²) in [7, 11) is 0. The summed E-state index contributed by atoms with van der Waals surface area (Å²) in [5.74, 6) is 1.75. The molecule has 8 nitrogen and oxygen atoms in total. The fraction of sp³-hybridized carbons (Fsp3) is 0.273. The van der Waals surface area contributed by atoms with Crippen molar-refractivity contribution >= 4 is 11.0 Å². The van der Waals surface area contributed by atoms with Gasteiger partial charge in [0, 0.05) is 25.4 Å². The molecule has 0 aliphatic rings. The van der Waals surface area contributed by atoms with E-state index < -0.39 is 11.9 Å². The highest BCUT2D eigenvalue weighted by Crippen LogP contribution is 2.28. The van der Waals surface area contributed by atoms with Gasteiger partial charge in [0.1, 0.15) is 30.7 Å². The van der Waals surface area contributed by atoms with E-state index >= 15 is 0 Å². The molecule has 162 valence electrons. The van der Waals surface area contributed by atoms with Crippen LogP contribution in [-0.4, -0.2) is 47.7 Å². The number of aromatic nitrogens is 2. The van der Waals surface area contributed by atoms with E-state index in [1.165, 1.54) is 12.1 Å². The van der Waals surface area contributed by atoms with Crippen LogP contribution in [0.1, 0.15) is 5.89 Å². The molecule has 0 spiro atoms. The van der Waals surface area contributed by atoms with Gasteiger partial charge in [0.2, 0.25) is 11.7 Å². The van der Waals surface area contributed by atoms with Gasteiger partial charge in [0.05, 0.1) is 0 Å². The molecule has 0 bridgehead atoms. The number of ether oxygens (including phenoxy) is 2. The second-order valence-electron chi connectivity index (χ2n) is 6.90. The number of hydrogen-bond acceptors (Lipinski definition) is 8. The maximum atomic E-state index is 13.5. The van der Waals surface area contributed by atoms with E-state index in [0.717, 1.165) is 5.39 Å². The van der Waals surface area contributed by atoms with Gasteiger partial charge in [0.25, 0.3) is 0 Å². The van der Waals surface area contributed by atoms with Gasteiger partial charge in [-0.1, -0.05) is 17.3 Å². The first-order chi connectivity index (χ1) is 15.1. The van der Waals surface area contributed by atoms with Crippen LogP contribution in [0.2, 0.25) is 0 Å². The van der Waals surface area contributed by atoms with Crippen molar-refractivity contribution in [2.45, 2.75) is 13.0 Å². The number of halogens is 1. The van der Waals surface area contributed by atoms with Crippen molar-refractivity contribution in [2.75, 3.05) is 26.3 Å². The Balaban J connectivity index is 1.20. The SMILES string of the molecule is Cc1nc(-c2cc3cc(OCCNC[C@H](O)COc4ccccc4F)ccc3o2)no1. The van der Waals surface area contributed by atoms with E-state index in [-0.39, 0.29) is 12.4 Å². The minimum atomic E-state index is -0.769. The molecular weight excluding hydrogens is 405 g/mol. The number of benzene rings is 2. The number of nitrogens with zero attached hydrogens (tertiary/aromatic N) is 2. The summed E-state index contributed by atoms with van der Waals surface area (Å²) in [6.07, 6.45) is -0.769. The minimum absolute atomic E-state index is 0.00577. The summed E-state index contributed by atoms with van der Waals surface area (Å²) < 4.78 is 35.2. The molecule has 0 aliphatic carbocycles. The standard InChI is InChI=1S/C22H22FN3O5/c1-14-25-22(26-31-14)21-11-15-10-17(6-7-19(15)30-21)28-9-8-24-12-16(27)13-29-20-5-3-2-4-18(20)23/h2-7,10-11,16,24,27H,8-9,12-13H2,1H3/t16-/m0/s1. The van der Waals surface area contributed by atoms with Crippen LogP contribution < -0.4 is 14.8 Å². The number of nitrogens with one attached hydrogen (secondary N) is 1. The van der Waals surface area contributed by atoms with Gasteiger partial charge in [-0.3, -0.25) is 0 Å². The van der Waals surface area contributed by atoms with Gasteiger partial charge < -0.3 is 28.8 Å². The molecule has 0 saturated carbocycles. The molecule has 0 aliphatic heterocycles. The molecule has 0 amide bonds. The Labute approximate surface area is 177 Å². The molecule has 0 saturated heterocycles. The van der Waals surface area contributed by atoms with E-state index in [0.29, 0.717) is 48.5 Å². The predicted molar refractivity (Wildman–Crippen MR) is 111 cm³/mol. The van der Waals surface area contributed by atoms with Gasteiger partial charge in [-0.25, -0.2) is 4.39 Å². The zero-order valence-corrected chi connectivity index (χ0v) is 16.9. The average Bonchev–Trinajstić information content (AvgIpc) is 3.38. The fourth-order valence-corrected chi connectivity index (χ4v) is 2.94. The van der Waals surface area contributed by atoms with Crippen molar-refractivity contribution in [3.63, 3.8) is 0 Å². The van der Waals surface area contributed by atoms with Crippen LogP contribution in [0.15, 0.2) is 57.5 Å². The Hall–Kier alpha value is -3.43. The van der Waals surface area contributed by atoms with E-state index in [1.54, 1.807) is 19.1 Å². The number of furan rings is 1. The van der Waals surface area contributed by atoms with Gasteiger partial charge in [-0.2, -0.15) is 4.98 Å². The molecular formula is C22H22FN3O5. The van der Waals surface area contributed by atoms with Crippen LogP contribution in [-0.2, 0) is 0 Å². The van der Waals surface area contributed by atoms with Crippen molar-refractivity contribution in [3.05, 3.63) is 60.2 Å². The average molecular weight is 427 g/mol. The maximum absolute atomic E-state index is 13.5. The van der Waals surface area contributed by atoms with E-state index in [2.05, 4.69) is 15.5 Å². The second kappa shape index (κ2) is 9.59. The molecule has 2 N–H and O–H groups in total. The quantitative estimate of drug-likeness (QED) is 0.372. The van der Waals surface area contributed by atoms with Crippen LogP contribution >= 0.6 is 0 Å². The lowest BCUT2D eigenvalue weighted by molar-refractivity contribution is 0.103. The lowest BCUT2D eigenvalue weighted by Crippen LogP contribution is -2.33. The second-order valence-corrected chi connectivity index (χ2v) is 6.90. The molecule has 4 aromatic rings. The Morgan fingerprint density at radius 2 is 2.03 bits per heavy atom. The van der Waals surface area contributed by atoms with Crippen LogP contribution in [0.4, 0.5) is 4.39 Å². The first-order valence-electron chi connectivity index (χ1n) is 9.81. The normalized spacial score (nSPS) is 12.2. The summed E-state index contributed by atoms with van der Waals surface area (Å²) in [6, 6.07) is 13.4. The highest BCUT2D eigenvalue weighted by Gasteiger charge is 2.12. The number of hydrogen-bond donors (Lipinski definition) is 2. The smallest absolute Gasteiger partial charge is 0.238 e. The molecule has 1 atom stereocenters. The topological polar surface area (TPSA) is 103 Å². The van der Waals surface area contributed by atoms with Crippen molar-refractivity contribution in [3.8, 4) is 23.1 Å². The minimum Gasteiger partial charge on any atom is -0.492 e. The number of rotatable bonds is 10. The summed E-state index contributed by atoms with van der Waals surface area (Å²) in [5, 5.41) is 17.8. The molecule has 2 heterocycles. The van der Waals surface area contributed by atoms with Crippen molar-refractivity contribution in [1.82, 2.24) is 15.5 Å². The summed E-state index contributed by atoms with van der Waals surface area (Å²) in [6.45, 7) is 2.93. The third-order valence-corrected chi connectivity index (χ3v) is 4.43. The Kier molecular flexibility index (Phi) is 6.44. The molecule has 2 aromatic carbocycles. The number of aliphatic hydroxyl groups is 1. The van der Waals surface area contributed by atoms with Crippen molar-refractivity contribution in [1.29, 1.82) is 0 Å².